The minimum atomic E-state index is -4.63. The van der Waals surface area contributed by atoms with Crippen LogP contribution in [-0.2, 0) is 4.74 Å². The Morgan fingerprint density at radius 3 is 2.59 bits per heavy atom. The molecule has 0 aliphatic carbocycles. The highest BCUT2D eigenvalue weighted by molar-refractivity contribution is 5.29. The summed E-state index contributed by atoms with van der Waals surface area (Å²) in [5.74, 6) is 0.397. The second-order valence-electron chi connectivity index (χ2n) is 3.39. The zero-order chi connectivity index (χ0) is 12.9. The molecule has 0 heterocycles. The fraction of sp³-hybridized carbons (Fsp3) is 0.455. The summed E-state index contributed by atoms with van der Waals surface area (Å²) in [7, 11) is 0. The minimum Gasteiger partial charge on any atom is -0.491 e. The van der Waals surface area contributed by atoms with Gasteiger partial charge in [-0.25, -0.2) is 0 Å². The zero-order valence-corrected chi connectivity index (χ0v) is 9.20. The molecule has 1 aromatic carbocycles. The standard InChI is InChI=1S/C11H13F3O3/c1-8(15)9-3-2-4-10(7-9)16-5-6-17-11(12,13)14/h2-4,7-8,15H,5-6H2,1H3/t8-/m0/s1. The summed E-state index contributed by atoms with van der Waals surface area (Å²) in [6, 6.07) is 6.52. The third kappa shape index (κ3) is 5.55. The van der Waals surface area contributed by atoms with Gasteiger partial charge in [0.15, 0.2) is 0 Å². The number of benzene rings is 1. The van der Waals surface area contributed by atoms with Crippen LogP contribution in [0.2, 0.25) is 0 Å². The maximum absolute atomic E-state index is 11.6. The molecule has 0 fully saturated rings. The van der Waals surface area contributed by atoms with Crippen LogP contribution in [0.5, 0.6) is 5.75 Å². The van der Waals surface area contributed by atoms with Crippen LogP contribution in [0.3, 0.4) is 0 Å². The van der Waals surface area contributed by atoms with Crippen molar-refractivity contribution in [2.75, 3.05) is 13.2 Å². The maximum atomic E-state index is 11.6. The average Bonchev–Trinajstić information content (AvgIpc) is 2.23. The van der Waals surface area contributed by atoms with E-state index in [0.29, 0.717) is 11.3 Å². The lowest BCUT2D eigenvalue weighted by atomic mass is 10.1. The van der Waals surface area contributed by atoms with Gasteiger partial charge in [0.25, 0.3) is 0 Å². The molecule has 3 nitrogen and oxygen atoms in total. The highest BCUT2D eigenvalue weighted by Crippen LogP contribution is 2.19. The number of rotatable bonds is 5. The molecule has 0 aromatic heterocycles. The molecule has 1 aromatic rings. The third-order valence-electron chi connectivity index (χ3n) is 1.96. The Hall–Kier alpha value is -1.27. The van der Waals surface area contributed by atoms with Gasteiger partial charge in [0.05, 0.1) is 12.7 Å². The third-order valence-corrected chi connectivity index (χ3v) is 1.96. The van der Waals surface area contributed by atoms with Crippen molar-refractivity contribution in [3.63, 3.8) is 0 Å². The summed E-state index contributed by atoms with van der Waals surface area (Å²) < 4.78 is 43.5. The number of alkyl halides is 3. The molecule has 0 amide bonds. The van der Waals surface area contributed by atoms with Crippen LogP contribution in [0.15, 0.2) is 24.3 Å². The average molecular weight is 250 g/mol. The van der Waals surface area contributed by atoms with Crippen molar-refractivity contribution < 1.29 is 27.8 Å². The number of aliphatic hydroxyl groups is 1. The number of hydrogen-bond donors (Lipinski definition) is 1. The molecule has 0 aliphatic heterocycles. The fourth-order valence-corrected chi connectivity index (χ4v) is 1.18. The van der Waals surface area contributed by atoms with Crippen LogP contribution in [0, 0.1) is 0 Å². The summed E-state index contributed by atoms with van der Waals surface area (Å²) in [5.41, 5.74) is 0.638. The molecule has 1 N–H and O–H groups in total. The van der Waals surface area contributed by atoms with Gasteiger partial charge < -0.3 is 9.84 Å². The van der Waals surface area contributed by atoms with Crippen molar-refractivity contribution in [3.05, 3.63) is 29.8 Å². The van der Waals surface area contributed by atoms with Gasteiger partial charge >= 0.3 is 6.36 Å². The molecule has 0 aliphatic rings. The van der Waals surface area contributed by atoms with Crippen molar-refractivity contribution in [3.8, 4) is 5.75 Å². The predicted octanol–water partition coefficient (Wildman–Crippen LogP) is 2.66. The van der Waals surface area contributed by atoms with Crippen LogP contribution in [0.4, 0.5) is 13.2 Å². The summed E-state index contributed by atoms with van der Waals surface area (Å²) in [4.78, 5) is 0. The van der Waals surface area contributed by atoms with Gasteiger partial charge in [-0.05, 0) is 24.6 Å². The van der Waals surface area contributed by atoms with E-state index < -0.39 is 19.1 Å². The zero-order valence-electron chi connectivity index (χ0n) is 9.20. The van der Waals surface area contributed by atoms with E-state index in [-0.39, 0.29) is 6.61 Å². The Balaban J connectivity index is 2.39. The summed E-state index contributed by atoms with van der Waals surface area (Å²) in [6.07, 6.45) is -5.28. The second kappa shape index (κ2) is 5.88. The highest BCUT2D eigenvalue weighted by Gasteiger charge is 2.28. The normalized spacial score (nSPS) is 13.5. The molecule has 1 rings (SSSR count). The van der Waals surface area contributed by atoms with Crippen LogP contribution in [0.1, 0.15) is 18.6 Å². The molecule has 0 saturated heterocycles. The number of halogens is 3. The Morgan fingerprint density at radius 2 is 2.00 bits per heavy atom. The first-order valence-corrected chi connectivity index (χ1v) is 5.00. The lowest BCUT2D eigenvalue weighted by Crippen LogP contribution is -2.18. The highest BCUT2D eigenvalue weighted by atomic mass is 19.4. The Kier molecular flexibility index (Phi) is 4.77. The van der Waals surface area contributed by atoms with E-state index in [2.05, 4.69) is 4.74 Å². The molecular formula is C11H13F3O3. The van der Waals surface area contributed by atoms with Crippen LogP contribution in [0.25, 0.3) is 0 Å². The van der Waals surface area contributed by atoms with Crippen LogP contribution < -0.4 is 4.74 Å². The van der Waals surface area contributed by atoms with Gasteiger partial charge in [0.1, 0.15) is 12.4 Å². The predicted molar refractivity (Wildman–Crippen MR) is 54.6 cm³/mol. The van der Waals surface area contributed by atoms with E-state index in [0.717, 1.165) is 0 Å². The Bertz CT molecular complexity index is 350. The van der Waals surface area contributed by atoms with Gasteiger partial charge in [-0.15, -0.1) is 13.2 Å². The van der Waals surface area contributed by atoms with Crippen LogP contribution in [-0.4, -0.2) is 24.7 Å². The van der Waals surface area contributed by atoms with E-state index >= 15 is 0 Å². The molecule has 96 valence electrons. The van der Waals surface area contributed by atoms with Crippen molar-refractivity contribution in [2.45, 2.75) is 19.4 Å². The van der Waals surface area contributed by atoms with Gasteiger partial charge in [0, 0.05) is 0 Å². The molecule has 0 unspecified atom stereocenters. The van der Waals surface area contributed by atoms with E-state index in [4.69, 9.17) is 4.74 Å². The van der Waals surface area contributed by atoms with E-state index in [9.17, 15) is 18.3 Å². The Labute approximate surface area is 96.8 Å². The van der Waals surface area contributed by atoms with Crippen molar-refractivity contribution in [1.82, 2.24) is 0 Å². The topological polar surface area (TPSA) is 38.7 Å². The first-order valence-electron chi connectivity index (χ1n) is 5.00. The van der Waals surface area contributed by atoms with Gasteiger partial charge in [-0.3, -0.25) is 4.74 Å². The lowest BCUT2D eigenvalue weighted by Gasteiger charge is -2.10. The van der Waals surface area contributed by atoms with Crippen molar-refractivity contribution in [2.24, 2.45) is 0 Å². The first kappa shape index (κ1) is 13.8. The monoisotopic (exact) mass is 250 g/mol. The van der Waals surface area contributed by atoms with Gasteiger partial charge in [-0.1, -0.05) is 12.1 Å². The summed E-state index contributed by atoms with van der Waals surface area (Å²) in [6.45, 7) is 0.817. The maximum Gasteiger partial charge on any atom is 0.522 e. The first-order chi connectivity index (χ1) is 7.88. The van der Waals surface area contributed by atoms with E-state index in [1.165, 1.54) is 0 Å². The SMILES string of the molecule is C[C@H](O)c1cccc(OCCOC(F)(F)F)c1. The summed E-state index contributed by atoms with van der Waals surface area (Å²) >= 11 is 0. The van der Waals surface area contributed by atoms with Crippen LogP contribution >= 0.6 is 0 Å². The molecule has 0 bridgehead atoms. The molecule has 0 spiro atoms. The largest absolute Gasteiger partial charge is 0.522 e. The second-order valence-corrected chi connectivity index (χ2v) is 3.39. The molecule has 17 heavy (non-hydrogen) atoms. The van der Waals surface area contributed by atoms with Gasteiger partial charge in [0.2, 0.25) is 0 Å². The minimum absolute atomic E-state index is 0.206. The fourth-order valence-electron chi connectivity index (χ4n) is 1.18. The van der Waals surface area contributed by atoms with Gasteiger partial charge in [-0.2, -0.15) is 0 Å². The molecule has 0 radical (unpaired) electrons. The number of ether oxygens (including phenoxy) is 2. The summed E-state index contributed by atoms with van der Waals surface area (Å²) in [5, 5.41) is 9.30. The van der Waals surface area contributed by atoms with E-state index in [1.54, 1.807) is 31.2 Å². The molecular weight excluding hydrogens is 237 g/mol. The van der Waals surface area contributed by atoms with E-state index in [1.807, 2.05) is 0 Å². The van der Waals surface area contributed by atoms with Crippen molar-refractivity contribution in [1.29, 1.82) is 0 Å². The lowest BCUT2D eigenvalue weighted by molar-refractivity contribution is -0.325. The number of hydrogen-bond acceptors (Lipinski definition) is 3. The molecule has 6 heteroatoms. The Morgan fingerprint density at radius 1 is 1.29 bits per heavy atom. The molecule has 1 atom stereocenters. The van der Waals surface area contributed by atoms with Crippen molar-refractivity contribution >= 4 is 0 Å². The molecule has 0 saturated carbocycles. The quantitative estimate of drug-likeness (QED) is 0.816. The smallest absolute Gasteiger partial charge is 0.491 e. The number of aliphatic hydroxyl groups excluding tert-OH is 1.